The van der Waals surface area contributed by atoms with Crippen LogP contribution < -0.4 is 13.9 Å². The van der Waals surface area contributed by atoms with Crippen molar-refractivity contribution >= 4 is 44.7 Å². The molecule has 0 spiro atoms. The van der Waals surface area contributed by atoms with Crippen LogP contribution in [0.3, 0.4) is 0 Å². The van der Waals surface area contributed by atoms with E-state index < -0.39 is 10.0 Å². The van der Waals surface area contributed by atoms with E-state index in [0.717, 1.165) is 0 Å². The Hall–Kier alpha value is -3.83. The van der Waals surface area contributed by atoms with Gasteiger partial charge in [0, 0.05) is 37.2 Å². The first kappa shape index (κ1) is 21.4. The number of sulfonamides is 1. The zero-order chi connectivity index (χ0) is 22.7. The number of hydrogen-bond acceptors (Lipinski definition) is 8. The van der Waals surface area contributed by atoms with E-state index in [-0.39, 0.29) is 22.4 Å². The molecule has 0 saturated carbocycles. The van der Waals surface area contributed by atoms with E-state index >= 15 is 0 Å². The molecule has 2 heterocycles. The second-order valence-electron chi connectivity index (χ2n) is 6.35. The number of carbonyl (C=O) groups is 1. The Kier molecular flexibility index (Phi) is 5.84. The van der Waals surface area contributed by atoms with Crippen molar-refractivity contribution in [3.63, 3.8) is 0 Å². The van der Waals surface area contributed by atoms with Gasteiger partial charge in [0.1, 0.15) is 22.7 Å². The van der Waals surface area contributed by atoms with Gasteiger partial charge in [-0.15, -0.1) is 14.0 Å². The molecule has 0 fully saturated rings. The molecule has 4 rings (SSSR count). The van der Waals surface area contributed by atoms with Gasteiger partial charge >= 0.3 is 0 Å². The van der Waals surface area contributed by atoms with Crippen molar-refractivity contribution < 1.29 is 17.9 Å². The van der Waals surface area contributed by atoms with E-state index in [1.807, 2.05) is 0 Å². The number of fused-ring (bicyclic) bond motifs is 1. The van der Waals surface area contributed by atoms with Gasteiger partial charge in [-0.1, -0.05) is 18.2 Å². The van der Waals surface area contributed by atoms with Gasteiger partial charge < -0.3 is 10.1 Å². The van der Waals surface area contributed by atoms with Gasteiger partial charge in [0.05, 0.1) is 10.4 Å². The molecule has 0 unspecified atom stereocenters. The molecule has 0 bridgehead atoms. The third kappa shape index (κ3) is 4.29. The third-order valence-electron chi connectivity index (χ3n) is 4.25. The zero-order valence-electron chi connectivity index (χ0n) is 16.5. The quantitative estimate of drug-likeness (QED) is 0.426. The molecular formula is C20H15ClN6O4S. The summed E-state index contributed by atoms with van der Waals surface area (Å²) in [4.78, 5) is 19.9. The lowest BCUT2D eigenvalue weighted by Crippen LogP contribution is -2.23. The fourth-order valence-electron chi connectivity index (χ4n) is 2.70. The minimum absolute atomic E-state index is 0.00378. The third-order valence-corrected chi connectivity index (χ3v) is 6.40. The molecule has 4 aromatic rings. The summed E-state index contributed by atoms with van der Waals surface area (Å²) in [5.41, 5.74) is 0.921. The maximum atomic E-state index is 12.7. The highest BCUT2D eigenvalue weighted by Gasteiger charge is 2.26. The number of halogens is 1. The topological polar surface area (TPSA) is 127 Å². The Morgan fingerprint density at radius 3 is 2.50 bits per heavy atom. The highest BCUT2D eigenvalue weighted by molar-refractivity contribution is 7.94. The van der Waals surface area contributed by atoms with Crippen molar-refractivity contribution in [1.29, 1.82) is 0 Å². The van der Waals surface area contributed by atoms with Gasteiger partial charge in [0.2, 0.25) is 0 Å². The van der Waals surface area contributed by atoms with E-state index in [0.29, 0.717) is 26.4 Å². The SMILES string of the molecule is CNC(=O)c1cc(Oc2ccc3nc(N(Cl)S(=O)(=O)c4ccccc4)nnc3c2)ccn1. The Morgan fingerprint density at radius 2 is 1.75 bits per heavy atom. The zero-order valence-corrected chi connectivity index (χ0v) is 18.1. The van der Waals surface area contributed by atoms with Gasteiger partial charge in [0.15, 0.2) is 0 Å². The summed E-state index contributed by atoms with van der Waals surface area (Å²) in [6.07, 6.45) is 1.46. The van der Waals surface area contributed by atoms with E-state index in [1.165, 1.54) is 31.4 Å². The summed E-state index contributed by atoms with van der Waals surface area (Å²) in [5, 5.41) is 10.3. The number of rotatable bonds is 6. The lowest BCUT2D eigenvalue weighted by Gasteiger charge is -2.14. The average Bonchev–Trinajstić information content (AvgIpc) is 2.83. The van der Waals surface area contributed by atoms with Crippen molar-refractivity contribution in [3.8, 4) is 11.5 Å². The molecule has 0 aliphatic rings. The Bertz CT molecular complexity index is 1400. The fraction of sp³-hybridized carbons (Fsp3) is 0.0500. The molecule has 32 heavy (non-hydrogen) atoms. The number of ether oxygens (including phenoxy) is 1. The number of amides is 1. The van der Waals surface area contributed by atoms with Crippen LogP contribution in [0.4, 0.5) is 5.95 Å². The lowest BCUT2D eigenvalue weighted by molar-refractivity contribution is 0.0958. The van der Waals surface area contributed by atoms with Crippen LogP contribution in [0.15, 0.2) is 71.8 Å². The summed E-state index contributed by atoms with van der Waals surface area (Å²) >= 11 is 6.04. The molecule has 1 amide bonds. The van der Waals surface area contributed by atoms with Gasteiger partial charge in [0.25, 0.3) is 21.9 Å². The summed E-state index contributed by atoms with van der Waals surface area (Å²) in [7, 11) is -2.54. The van der Waals surface area contributed by atoms with Crippen molar-refractivity contribution in [2.75, 3.05) is 10.9 Å². The van der Waals surface area contributed by atoms with E-state index in [9.17, 15) is 13.2 Å². The number of nitrogens with zero attached hydrogens (tertiary/aromatic N) is 5. The molecule has 0 radical (unpaired) electrons. The number of hydrogen-bond donors (Lipinski definition) is 1. The summed E-state index contributed by atoms with van der Waals surface area (Å²) < 4.78 is 31.5. The summed E-state index contributed by atoms with van der Waals surface area (Å²) in [5.74, 6) is 0.181. The molecule has 0 aliphatic carbocycles. The molecule has 0 atom stereocenters. The monoisotopic (exact) mass is 470 g/mol. The van der Waals surface area contributed by atoms with Gasteiger partial charge in [-0.05, 0) is 30.3 Å². The smallest absolute Gasteiger partial charge is 0.280 e. The van der Waals surface area contributed by atoms with Crippen LogP contribution in [0.2, 0.25) is 0 Å². The van der Waals surface area contributed by atoms with Crippen LogP contribution in [0.1, 0.15) is 10.5 Å². The van der Waals surface area contributed by atoms with Crippen LogP contribution in [0, 0.1) is 0 Å². The van der Waals surface area contributed by atoms with Crippen molar-refractivity contribution in [3.05, 3.63) is 72.6 Å². The molecule has 1 N–H and O–H groups in total. The highest BCUT2D eigenvalue weighted by atomic mass is 35.5. The van der Waals surface area contributed by atoms with E-state index in [1.54, 1.807) is 42.5 Å². The molecule has 2 aromatic carbocycles. The number of benzene rings is 2. The van der Waals surface area contributed by atoms with E-state index in [2.05, 4.69) is 25.5 Å². The fourth-order valence-corrected chi connectivity index (χ4v) is 3.99. The highest BCUT2D eigenvalue weighted by Crippen LogP contribution is 2.27. The largest absolute Gasteiger partial charge is 0.457 e. The molecule has 0 saturated heterocycles. The lowest BCUT2D eigenvalue weighted by atomic mass is 10.3. The maximum absolute atomic E-state index is 12.7. The van der Waals surface area contributed by atoms with Crippen LogP contribution in [-0.4, -0.2) is 41.5 Å². The number of carbonyl (C=O) groups excluding carboxylic acids is 1. The molecular weight excluding hydrogens is 456 g/mol. The van der Waals surface area contributed by atoms with Crippen LogP contribution in [0.25, 0.3) is 11.0 Å². The second-order valence-corrected chi connectivity index (χ2v) is 8.68. The Labute approximate surface area is 188 Å². The predicted molar refractivity (Wildman–Crippen MR) is 117 cm³/mol. The van der Waals surface area contributed by atoms with Crippen molar-refractivity contribution in [2.45, 2.75) is 4.90 Å². The molecule has 10 nitrogen and oxygen atoms in total. The van der Waals surface area contributed by atoms with Gasteiger partial charge in [-0.25, -0.2) is 4.98 Å². The molecule has 12 heteroatoms. The Morgan fingerprint density at radius 1 is 1.00 bits per heavy atom. The second kappa shape index (κ2) is 8.73. The maximum Gasteiger partial charge on any atom is 0.280 e. The summed E-state index contributed by atoms with van der Waals surface area (Å²) in [6, 6.07) is 15.6. The minimum atomic E-state index is -4.05. The number of pyridine rings is 1. The predicted octanol–water partition coefficient (Wildman–Crippen LogP) is 2.92. The van der Waals surface area contributed by atoms with Gasteiger partial charge in [-0.2, -0.15) is 8.42 Å². The molecule has 0 aliphatic heterocycles. The molecule has 162 valence electrons. The first-order chi connectivity index (χ1) is 15.4. The van der Waals surface area contributed by atoms with Crippen LogP contribution in [0.5, 0.6) is 11.5 Å². The first-order valence-corrected chi connectivity index (χ1v) is 10.9. The minimum Gasteiger partial charge on any atom is -0.457 e. The van der Waals surface area contributed by atoms with Crippen LogP contribution in [-0.2, 0) is 10.0 Å². The number of nitrogens with one attached hydrogen (secondary N) is 1. The van der Waals surface area contributed by atoms with Gasteiger partial charge in [-0.3, -0.25) is 9.78 Å². The van der Waals surface area contributed by atoms with Crippen LogP contribution >= 0.6 is 11.8 Å². The van der Waals surface area contributed by atoms with Crippen molar-refractivity contribution in [1.82, 2.24) is 25.5 Å². The first-order valence-electron chi connectivity index (χ1n) is 9.15. The standard InChI is InChI=1S/C20H15ClN6O4S/c1-22-19(28)18-12-14(9-10-23-18)31-13-7-8-16-17(11-13)25-26-20(24-16)27(21)32(29,30)15-5-3-2-4-6-15/h2-12H,1H3,(H,22,28). The average molecular weight is 471 g/mol. The molecule has 2 aromatic heterocycles. The Balaban J connectivity index is 1.60. The summed E-state index contributed by atoms with van der Waals surface area (Å²) in [6.45, 7) is 0. The normalized spacial score (nSPS) is 11.2. The van der Waals surface area contributed by atoms with Crippen molar-refractivity contribution in [2.24, 2.45) is 0 Å². The van der Waals surface area contributed by atoms with E-state index in [4.69, 9.17) is 16.5 Å². The number of aromatic nitrogens is 4. The number of anilines is 1.